The number of esters is 1. The summed E-state index contributed by atoms with van der Waals surface area (Å²) in [7, 11) is 0. The maximum absolute atomic E-state index is 14.2. The number of aliphatic hydroxyl groups excluding tert-OH is 1. The third-order valence-corrected chi connectivity index (χ3v) is 8.84. The van der Waals surface area contributed by atoms with Crippen LogP contribution in [0.1, 0.15) is 31.7 Å². The molecule has 3 fully saturated rings. The van der Waals surface area contributed by atoms with Crippen LogP contribution in [-0.4, -0.2) is 93.5 Å². The molecule has 7 atom stereocenters. The summed E-state index contributed by atoms with van der Waals surface area (Å²) in [6, 6.07) is 8.47. The first-order valence-electron chi connectivity index (χ1n) is 13.9. The number of alkyl halides is 1. The Hall–Kier alpha value is -3.02. The summed E-state index contributed by atoms with van der Waals surface area (Å²) in [6.07, 6.45) is 3.14. The fourth-order valence-electron chi connectivity index (χ4n) is 6.29. The number of fused-ring (bicyclic) bond motifs is 1. The number of amides is 3. The number of hydrogen-bond donors (Lipinski definition) is 2. The molecule has 41 heavy (non-hydrogen) atoms. The van der Waals surface area contributed by atoms with E-state index in [2.05, 4.69) is 34.4 Å². The first kappa shape index (κ1) is 30.9. The van der Waals surface area contributed by atoms with Crippen molar-refractivity contribution in [3.8, 4) is 0 Å². The highest BCUT2D eigenvalue weighted by molar-refractivity contribution is 9.09. The van der Waals surface area contributed by atoms with Gasteiger partial charge in [0.25, 0.3) is 0 Å². The number of ether oxygens (including phenoxy) is 2. The second kappa shape index (κ2) is 13.3. The summed E-state index contributed by atoms with van der Waals surface area (Å²) in [5.41, 5.74) is -0.346. The molecule has 3 aliphatic heterocycles. The maximum Gasteiger partial charge on any atom is 0.312 e. The summed E-state index contributed by atoms with van der Waals surface area (Å²) < 4.78 is 12.2. The van der Waals surface area contributed by atoms with Crippen LogP contribution in [-0.2, 0) is 35.2 Å². The van der Waals surface area contributed by atoms with Crippen molar-refractivity contribution in [2.24, 2.45) is 11.8 Å². The highest BCUT2D eigenvalue weighted by Crippen LogP contribution is 2.60. The normalized spacial score (nSPS) is 28.6. The van der Waals surface area contributed by atoms with Crippen molar-refractivity contribution in [1.29, 1.82) is 0 Å². The molecule has 1 unspecified atom stereocenters. The second-order valence-electron chi connectivity index (χ2n) is 10.8. The first-order valence-corrected chi connectivity index (χ1v) is 14.8. The molecule has 1 spiro atoms. The highest BCUT2D eigenvalue weighted by atomic mass is 79.9. The van der Waals surface area contributed by atoms with Crippen LogP contribution in [0.15, 0.2) is 55.6 Å². The zero-order valence-electron chi connectivity index (χ0n) is 23.2. The van der Waals surface area contributed by atoms with E-state index in [4.69, 9.17) is 9.47 Å². The highest BCUT2D eigenvalue weighted by Gasteiger charge is 2.77. The Kier molecular flexibility index (Phi) is 10.0. The van der Waals surface area contributed by atoms with Crippen LogP contribution >= 0.6 is 15.9 Å². The number of allylic oxidation sites excluding steroid dienone is 1. The van der Waals surface area contributed by atoms with E-state index in [0.29, 0.717) is 19.4 Å². The van der Waals surface area contributed by atoms with Gasteiger partial charge in [0.2, 0.25) is 17.7 Å². The van der Waals surface area contributed by atoms with E-state index in [9.17, 15) is 24.3 Å². The zero-order valence-corrected chi connectivity index (χ0v) is 24.8. The van der Waals surface area contributed by atoms with E-state index in [1.54, 1.807) is 24.0 Å². The van der Waals surface area contributed by atoms with Crippen LogP contribution in [0, 0.1) is 11.8 Å². The number of nitrogens with one attached hydrogen (secondary N) is 1. The molecule has 2 bridgehead atoms. The van der Waals surface area contributed by atoms with E-state index in [1.807, 2.05) is 30.3 Å². The molecular weight excluding hydrogens is 594 g/mol. The third kappa shape index (κ3) is 6.12. The van der Waals surface area contributed by atoms with Gasteiger partial charge >= 0.3 is 5.97 Å². The molecule has 222 valence electrons. The van der Waals surface area contributed by atoms with Gasteiger partial charge in [-0.2, -0.15) is 0 Å². The largest absolute Gasteiger partial charge is 0.460 e. The fraction of sp³-hybridized carbons (Fsp3) is 0.533. The van der Waals surface area contributed by atoms with Crippen molar-refractivity contribution in [2.45, 2.75) is 61.4 Å². The molecule has 0 aromatic heterocycles. The van der Waals surface area contributed by atoms with E-state index in [0.717, 1.165) is 5.56 Å². The molecule has 11 heteroatoms. The van der Waals surface area contributed by atoms with Gasteiger partial charge in [0.1, 0.15) is 17.7 Å². The standard InChI is InChI=1S/C30H38BrN3O7/c1-4-6-12-22(36)32-17-19(3)40-29(39)23-24-27(37)34(14-15-35)26(30(24)16-21(31)25(23)41-30)28(38)33(13-5-2)18-20-10-8-7-9-11-20/h4-5,7-11,19,21,23-26,35H,1-2,6,12-18H2,3H3,(H,32,36)/t19-,21?,23+,24-,25+,26+,30-/m0/s1. The lowest BCUT2D eigenvalue weighted by molar-refractivity contribution is -0.159. The number of likely N-dealkylation sites (tertiary alicyclic amines) is 1. The predicted octanol–water partition coefficient (Wildman–Crippen LogP) is 1.96. The lowest BCUT2D eigenvalue weighted by Crippen LogP contribution is -2.56. The average molecular weight is 633 g/mol. The molecule has 4 rings (SSSR count). The monoisotopic (exact) mass is 631 g/mol. The number of halogens is 1. The minimum atomic E-state index is -1.26. The van der Waals surface area contributed by atoms with E-state index in [1.165, 1.54) is 4.90 Å². The SMILES string of the molecule is C=CCCC(=O)NC[C@H](C)OC(=O)[C@H]1[C@@H]2O[C@@]3(CC2Br)[C@@H]1C(=O)N(CCO)[C@@H]3C(=O)N(CC=C)Cc1ccccc1. The predicted molar refractivity (Wildman–Crippen MR) is 155 cm³/mol. The molecule has 1 aromatic carbocycles. The molecule has 10 nitrogen and oxygen atoms in total. The summed E-state index contributed by atoms with van der Waals surface area (Å²) in [6.45, 7) is 9.31. The van der Waals surface area contributed by atoms with Crippen LogP contribution in [0.2, 0.25) is 0 Å². The number of nitrogens with zero attached hydrogens (tertiary/aromatic N) is 2. The quantitative estimate of drug-likeness (QED) is 0.183. The van der Waals surface area contributed by atoms with Crippen LogP contribution in [0.25, 0.3) is 0 Å². The Morgan fingerprint density at radius 2 is 2.02 bits per heavy atom. The Bertz CT molecular complexity index is 1160. The number of hydrogen-bond acceptors (Lipinski definition) is 7. The number of carbonyl (C=O) groups excluding carboxylic acids is 4. The lowest BCUT2D eigenvalue weighted by Gasteiger charge is -2.37. The van der Waals surface area contributed by atoms with Crippen molar-refractivity contribution in [3.05, 3.63) is 61.2 Å². The van der Waals surface area contributed by atoms with Gasteiger partial charge in [-0.1, -0.05) is 58.4 Å². The molecule has 3 amide bonds. The molecule has 0 aliphatic carbocycles. The van der Waals surface area contributed by atoms with Crippen LogP contribution < -0.4 is 5.32 Å². The fourth-order valence-corrected chi connectivity index (χ4v) is 7.23. The van der Waals surface area contributed by atoms with Gasteiger partial charge in [-0.15, -0.1) is 13.2 Å². The van der Waals surface area contributed by atoms with Crippen LogP contribution in [0.4, 0.5) is 0 Å². The molecule has 0 saturated carbocycles. The minimum Gasteiger partial charge on any atom is -0.460 e. The van der Waals surface area contributed by atoms with E-state index < -0.39 is 47.6 Å². The van der Waals surface area contributed by atoms with Gasteiger partial charge in [0.15, 0.2) is 0 Å². The second-order valence-corrected chi connectivity index (χ2v) is 12.0. The number of benzene rings is 1. The van der Waals surface area contributed by atoms with Gasteiger partial charge in [-0.05, 0) is 25.3 Å². The average Bonchev–Trinajstić information content (AvgIpc) is 3.54. The van der Waals surface area contributed by atoms with E-state index >= 15 is 0 Å². The minimum absolute atomic E-state index is 0.0728. The molecule has 1 aromatic rings. The van der Waals surface area contributed by atoms with Gasteiger partial charge in [0, 0.05) is 30.9 Å². The molecule has 3 saturated heterocycles. The van der Waals surface area contributed by atoms with Crippen molar-refractivity contribution in [1.82, 2.24) is 15.1 Å². The van der Waals surface area contributed by atoms with E-state index in [-0.39, 0.29) is 49.3 Å². The summed E-state index contributed by atoms with van der Waals surface area (Å²) in [4.78, 5) is 56.3. The summed E-state index contributed by atoms with van der Waals surface area (Å²) >= 11 is 3.63. The number of aliphatic hydroxyl groups is 1. The number of carbonyl (C=O) groups is 4. The van der Waals surface area contributed by atoms with Crippen LogP contribution in [0.5, 0.6) is 0 Å². The topological polar surface area (TPSA) is 125 Å². The smallest absolute Gasteiger partial charge is 0.312 e. The van der Waals surface area contributed by atoms with Crippen molar-refractivity contribution >= 4 is 39.6 Å². The molecule has 2 N–H and O–H groups in total. The molecular formula is C30H38BrN3O7. The Morgan fingerprint density at radius 1 is 1.29 bits per heavy atom. The van der Waals surface area contributed by atoms with Crippen molar-refractivity contribution in [3.63, 3.8) is 0 Å². The first-order chi connectivity index (χ1) is 19.7. The van der Waals surface area contributed by atoms with Crippen LogP contribution in [0.3, 0.4) is 0 Å². The van der Waals surface area contributed by atoms with Gasteiger partial charge < -0.3 is 29.7 Å². The zero-order chi connectivity index (χ0) is 29.7. The Labute approximate surface area is 248 Å². The Morgan fingerprint density at radius 3 is 2.68 bits per heavy atom. The summed E-state index contributed by atoms with van der Waals surface area (Å²) in [5, 5.41) is 12.6. The molecule has 3 aliphatic rings. The maximum atomic E-state index is 14.2. The van der Waals surface area contributed by atoms with Crippen molar-refractivity contribution in [2.75, 3.05) is 26.2 Å². The number of rotatable bonds is 14. The number of β-amino-alcohol motifs (C(OH)–C–C–N with tert-alkyl or cyclic N) is 1. The molecule has 0 radical (unpaired) electrons. The van der Waals surface area contributed by atoms with Gasteiger partial charge in [-0.25, -0.2) is 0 Å². The Balaban J connectivity index is 1.58. The van der Waals surface area contributed by atoms with Gasteiger partial charge in [-0.3, -0.25) is 19.2 Å². The third-order valence-electron chi connectivity index (χ3n) is 7.99. The lowest BCUT2D eigenvalue weighted by atomic mass is 9.70. The van der Waals surface area contributed by atoms with Crippen molar-refractivity contribution < 1.29 is 33.8 Å². The van der Waals surface area contributed by atoms with Gasteiger partial charge in [0.05, 0.1) is 31.1 Å². The summed E-state index contributed by atoms with van der Waals surface area (Å²) in [5.74, 6) is -3.42. The molecule has 3 heterocycles.